The van der Waals surface area contributed by atoms with Crippen molar-refractivity contribution < 1.29 is 0 Å². The molecule has 1 nitrogen and oxygen atoms in total. The Kier molecular flexibility index (Phi) is 4.08. The molecule has 58 valence electrons. The molecule has 0 heterocycles. The Morgan fingerprint density at radius 3 is 2.20 bits per heavy atom. The van der Waals surface area contributed by atoms with Gasteiger partial charge < -0.3 is 0 Å². The van der Waals surface area contributed by atoms with Crippen molar-refractivity contribution in [2.45, 2.75) is 31.5 Å². The van der Waals surface area contributed by atoms with Crippen LogP contribution in [0.15, 0.2) is 0 Å². The van der Waals surface area contributed by atoms with Crippen molar-refractivity contribution in [2.24, 2.45) is 5.41 Å². The number of rotatable bonds is 3. The van der Waals surface area contributed by atoms with Gasteiger partial charge in [-0.05, 0) is 6.42 Å². The van der Waals surface area contributed by atoms with Gasteiger partial charge in [-0.3, -0.25) is 0 Å². The van der Waals surface area contributed by atoms with Crippen LogP contribution in [0.4, 0.5) is 0 Å². The second kappa shape index (κ2) is 4.05. The second-order valence-corrected chi connectivity index (χ2v) is 3.74. The summed E-state index contributed by atoms with van der Waals surface area (Å²) in [5.74, 6) is 0. The highest BCUT2D eigenvalue weighted by Gasteiger charge is 2.29. The highest BCUT2D eigenvalue weighted by molar-refractivity contribution is 6.44. The zero-order valence-electron chi connectivity index (χ0n) is 6.19. The molecule has 0 saturated heterocycles. The first kappa shape index (κ1) is 10.1. The number of hydrogen-bond donors (Lipinski definition) is 0. The van der Waals surface area contributed by atoms with E-state index >= 15 is 0 Å². The number of alkyl halides is 2. The Morgan fingerprint density at radius 2 is 2.10 bits per heavy atom. The van der Waals surface area contributed by atoms with Crippen LogP contribution in [0.3, 0.4) is 0 Å². The minimum atomic E-state index is -0.447. The Balaban J connectivity index is 4.11. The Labute approximate surface area is 71.9 Å². The van der Waals surface area contributed by atoms with E-state index in [0.717, 1.165) is 6.42 Å². The van der Waals surface area contributed by atoms with Crippen molar-refractivity contribution in [1.82, 2.24) is 0 Å². The fraction of sp³-hybridized carbons (Fsp3) is 0.857. The van der Waals surface area contributed by atoms with Gasteiger partial charge in [0.1, 0.15) is 4.84 Å². The summed E-state index contributed by atoms with van der Waals surface area (Å²) in [5.41, 5.74) is -0.238. The van der Waals surface area contributed by atoms with E-state index in [2.05, 4.69) is 6.07 Å². The normalized spacial score (nSPS) is 16.4. The van der Waals surface area contributed by atoms with E-state index < -0.39 is 4.84 Å². The van der Waals surface area contributed by atoms with Gasteiger partial charge in [-0.15, -0.1) is 23.2 Å². The summed E-state index contributed by atoms with van der Waals surface area (Å²) in [6.45, 7) is 3.90. The van der Waals surface area contributed by atoms with Gasteiger partial charge in [-0.1, -0.05) is 13.8 Å². The van der Waals surface area contributed by atoms with Crippen LogP contribution >= 0.6 is 23.2 Å². The summed E-state index contributed by atoms with van der Waals surface area (Å²) < 4.78 is 0. The molecular formula is C7H11Cl2N. The zero-order chi connectivity index (χ0) is 8.20. The topological polar surface area (TPSA) is 23.8 Å². The highest BCUT2D eigenvalue weighted by atomic mass is 35.5. The molecule has 0 rings (SSSR count). The molecular weight excluding hydrogens is 169 g/mol. The largest absolute Gasteiger partial charge is 0.198 e. The molecule has 0 spiro atoms. The minimum absolute atomic E-state index is 0.238. The Morgan fingerprint density at radius 1 is 1.60 bits per heavy atom. The summed E-state index contributed by atoms with van der Waals surface area (Å²) in [6, 6.07) is 2.07. The number of halogens is 2. The van der Waals surface area contributed by atoms with Gasteiger partial charge in [0, 0.05) is 11.8 Å². The summed E-state index contributed by atoms with van der Waals surface area (Å²) in [6.07, 6.45) is 1.25. The SMILES string of the molecule is CC[C@@](C)(CC#N)C(Cl)Cl. The van der Waals surface area contributed by atoms with Crippen molar-refractivity contribution in [3.8, 4) is 6.07 Å². The van der Waals surface area contributed by atoms with Crippen molar-refractivity contribution in [3.05, 3.63) is 0 Å². The van der Waals surface area contributed by atoms with E-state index in [1.54, 1.807) is 0 Å². The third-order valence-corrected chi connectivity index (χ3v) is 2.87. The molecule has 0 aromatic carbocycles. The van der Waals surface area contributed by atoms with E-state index in [9.17, 15) is 0 Å². The van der Waals surface area contributed by atoms with Crippen molar-refractivity contribution >= 4 is 23.2 Å². The van der Waals surface area contributed by atoms with E-state index in [0.29, 0.717) is 6.42 Å². The van der Waals surface area contributed by atoms with Crippen LogP contribution in [0, 0.1) is 16.7 Å². The first-order chi connectivity index (χ1) is 4.56. The number of nitriles is 1. The second-order valence-electron chi connectivity index (χ2n) is 2.64. The Bertz CT molecular complexity index is 139. The van der Waals surface area contributed by atoms with E-state index in [1.165, 1.54) is 0 Å². The molecule has 0 bridgehead atoms. The molecule has 0 saturated carbocycles. The van der Waals surface area contributed by atoms with Crippen molar-refractivity contribution in [3.63, 3.8) is 0 Å². The van der Waals surface area contributed by atoms with Crippen molar-refractivity contribution in [2.75, 3.05) is 0 Å². The third-order valence-electron chi connectivity index (χ3n) is 1.82. The maximum Gasteiger partial charge on any atom is 0.114 e. The summed E-state index contributed by atoms with van der Waals surface area (Å²) >= 11 is 11.4. The fourth-order valence-electron chi connectivity index (χ4n) is 0.537. The molecule has 0 fully saturated rings. The summed E-state index contributed by atoms with van der Waals surface area (Å²) in [7, 11) is 0. The maximum absolute atomic E-state index is 8.41. The number of hydrogen-bond acceptors (Lipinski definition) is 1. The fourth-order valence-corrected chi connectivity index (χ4v) is 1.000. The smallest absolute Gasteiger partial charge is 0.114 e. The van der Waals surface area contributed by atoms with Crippen LogP contribution < -0.4 is 0 Å². The molecule has 0 aromatic rings. The standard InChI is InChI=1S/C7H11Cl2N/c1-3-7(2,4-5-10)6(8)9/h6H,3-4H2,1-2H3/t7-/m0/s1. The summed E-state index contributed by atoms with van der Waals surface area (Å²) in [5, 5.41) is 8.41. The molecule has 0 aromatic heterocycles. The van der Waals surface area contributed by atoms with Crippen LogP contribution in [0.5, 0.6) is 0 Å². The van der Waals surface area contributed by atoms with Gasteiger partial charge in [-0.25, -0.2) is 0 Å². The summed E-state index contributed by atoms with van der Waals surface area (Å²) in [4.78, 5) is -0.447. The van der Waals surface area contributed by atoms with Gasteiger partial charge in [0.15, 0.2) is 0 Å². The van der Waals surface area contributed by atoms with Crippen LogP contribution in [-0.4, -0.2) is 4.84 Å². The van der Waals surface area contributed by atoms with Crippen LogP contribution in [0.1, 0.15) is 26.7 Å². The lowest BCUT2D eigenvalue weighted by Gasteiger charge is -2.25. The van der Waals surface area contributed by atoms with Gasteiger partial charge in [-0.2, -0.15) is 5.26 Å². The van der Waals surface area contributed by atoms with E-state index in [1.807, 2.05) is 13.8 Å². The first-order valence-corrected chi connectivity index (χ1v) is 4.09. The van der Waals surface area contributed by atoms with Crippen molar-refractivity contribution in [1.29, 1.82) is 5.26 Å². The van der Waals surface area contributed by atoms with E-state index in [-0.39, 0.29) is 5.41 Å². The molecule has 1 atom stereocenters. The highest BCUT2D eigenvalue weighted by Crippen LogP contribution is 2.35. The minimum Gasteiger partial charge on any atom is -0.198 e. The third kappa shape index (κ3) is 2.36. The number of nitrogens with zero attached hydrogens (tertiary/aromatic N) is 1. The molecule has 0 aliphatic carbocycles. The molecule has 0 aliphatic rings. The molecule has 3 heteroatoms. The van der Waals surface area contributed by atoms with Gasteiger partial charge in [0.05, 0.1) is 6.07 Å². The van der Waals surface area contributed by atoms with Crippen LogP contribution in [-0.2, 0) is 0 Å². The monoisotopic (exact) mass is 179 g/mol. The average molecular weight is 180 g/mol. The van der Waals surface area contributed by atoms with E-state index in [4.69, 9.17) is 28.5 Å². The first-order valence-electron chi connectivity index (χ1n) is 3.22. The quantitative estimate of drug-likeness (QED) is 0.612. The van der Waals surface area contributed by atoms with Gasteiger partial charge >= 0.3 is 0 Å². The Hall–Kier alpha value is 0.0700. The molecule has 0 aliphatic heterocycles. The lowest BCUT2D eigenvalue weighted by Crippen LogP contribution is -2.22. The molecule has 10 heavy (non-hydrogen) atoms. The lowest BCUT2D eigenvalue weighted by atomic mass is 9.87. The molecule has 0 N–H and O–H groups in total. The predicted octanol–water partition coefficient (Wildman–Crippen LogP) is 3.12. The average Bonchev–Trinajstić information content (AvgIpc) is 1.88. The zero-order valence-corrected chi connectivity index (χ0v) is 7.71. The molecule has 0 unspecified atom stereocenters. The van der Waals surface area contributed by atoms with Crippen LogP contribution in [0.25, 0.3) is 0 Å². The predicted molar refractivity (Wildman–Crippen MR) is 44.1 cm³/mol. The molecule has 0 radical (unpaired) electrons. The van der Waals surface area contributed by atoms with Gasteiger partial charge in [0.2, 0.25) is 0 Å². The van der Waals surface area contributed by atoms with Gasteiger partial charge in [0.25, 0.3) is 0 Å². The lowest BCUT2D eigenvalue weighted by molar-refractivity contribution is 0.347. The van der Waals surface area contributed by atoms with Crippen LogP contribution in [0.2, 0.25) is 0 Å². The molecule has 0 amide bonds. The maximum atomic E-state index is 8.41.